The number of para-hydroxylation sites is 1. The number of hydrogen-bond donors (Lipinski definition) is 4. The highest BCUT2D eigenvalue weighted by molar-refractivity contribution is 5.91. The third-order valence-corrected chi connectivity index (χ3v) is 4.39. The molecule has 0 saturated carbocycles. The summed E-state index contributed by atoms with van der Waals surface area (Å²) in [6.45, 7) is 1.22. The number of amides is 1. The van der Waals surface area contributed by atoms with Crippen molar-refractivity contribution in [3.63, 3.8) is 0 Å². The molecule has 144 valence electrons. The fourth-order valence-corrected chi connectivity index (χ4v) is 3.00. The Morgan fingerprint density at radius 3 is 2.86 bits per heavy atom. The normalized spacial score (nSPS) is 11.2. The van der Waals surface area contributed by atoms with Gasteiger partial charge in [-0.25, -0.2) is 5.48 Å². The molecule has 8 nitrogen and oxygen atoms in total. The maximum atomic E-state index is 11.3. The molecule has 1 aromatic heterocycles. The SMILES string of the molecule is O=C(C=Cc1ccc(CNCCc2c[nH]c3ccccc23)cc1[N+](=O)[O-])NO. The number of H-pyrrole nitrogens is 1. The number of nitrogens with one attached hydrogen (secondary N) is 3. The molecule has 28 heavy (non-hydrogen) atoms. The summed E-state index contributed by atoms with van der Waals surface area (Å²) in [5.74, 6) is -0.752. The summed E-state index contributed by atoms with van der Waals surface area (Å²) in [7, 11) is 0. The minimum absolute atomic E-state index is 0.0991. The van der Waals surface area contributed by atoms with E-state index in [1.54, 1.807) is 12.1 Å². The fraction of sp³-hybridized carbons (Fsp3) is 0.150. The van der Waals surface area contributed by atoms with Crippen LogP contribution in [0.1, 0.15) is 16.7 Å². The lowest BCUT2D eigenvalue weighted by Gasteiger charge is -2.06. The van der Waals surface area contributed by atoms with Gasteiger partial charge in [0.1, 0.15) is 0 Å². The zero-order valence-electron chi connectivity index (χ0n) is 15.0. The molecular weight excluding hydrogens is 360 g/mol. The maximum Gasteiger partial charge on any atom is 0.276 e. The van der Waals surface area contributed by atoms with Crippen LogP contribution in [0.2, 0.25) is 0 Å². The van der Waals surface area contributed by atoms with Crippen LogP contribution in [0.4, 0.5) is 5.69 Å². The Kier molecular flexibility index (Phi) is 6.15. The van der Waals surface area contributed by atoms with Gasteiger partial charge < -0.3 is 10.3 Å². The number of carbonyl (C=O) groups is 1. The highest BCUT2D eigenvalue weighted by Gasteiger charge is 2.13. The number of benzene rings is 2. The quantitative estimate of drug-likeness (QED) is 0.157. The third kappa shape index (κ3) is 4.61. The summed E-state index contributed by atoms with van der Waals surface area (Å²) in [6.07, 6.45) is 5.16. The van der Waals surface area contributed by atoms with E-state index in [0.717, 1.165) is 30.1 Å². The lowest BCUT2D eigenvalue weighted by Crippen LogP contribution is -2.16. The van der Waals surface area contributed by atoms with Crippen molar-refractivity contribution in [1.82, 2.24) is 15.8 Å². The zero-order chi connectivity index (χ0) is 19.9. The predicted molar refractivity (Wildman–Crippen MR) is 106 cm³/mol. The molecular formula is C20H20N4O4. The van der Waals surface area contributed by atoms with E-state index in [4.69, 9.17) is 5.21 Å². The van der Waals surface area contributed by atoms with Gasteiger partial charge in [-0.05, 0) is 42.3 Å². The van der Waals surface area contributed by atoms with Crippen molar-refractivity contribution in [2.24, 2.45) is 0 Å². The van der Waals surface area contributed by atoms with Gasteiger partial charge in [0.2, 0.25) is 0 Å². The van der Waals surface area contributed by atoms with Gasteiger partial charge in [0.05, 0.1) is 10.5 Å². The van der Waals surface area contributed by atoms with E-state index < -0.39 is 10.8 Å². The summed E-state index contributed by atoms with van der Waals surface area (Å²) in [4.78, 5) is 25.1. The van der Waals surface area contributed by atoms with Crippen molar-refractivity contribution in [3.8, 4) is 0 Å². The number of fused-ring (bicyclic) bond motifs is 1. The second-order valence-electron chi connectivity index (χ2n) is 6.25. The first-order chi connectivity index (χ1) is 13.6. The Hall–Kier alpha value is -3.49. The standard InChI is InChI=1S/C20H20N4O4/c25-20(23-26)8-7-15-6-5-14(11-19(15)24(27)28)12-21-10-9-16-13-22-18-4-2-1-3-17(16)18/h1-8,11,13,21-22,26H,9-10,12H2,(H,23,25). The molecule has 0 fully saturated rings. The summed E-state index contributed by atoms with van der Waals surface area (Å²) < 4.78 is 0. The highest BCUT2D eigenvalue weighted by Crippen LogP contribution is 2.22. The van der Waals surface area contributed by atoms with Crippen LogP contribution in [0.3, 0.4) is 0 Å². The molecule has 0 spiro atoms. The zero-order valence-corrected chi connectivity index (χ0v) is 15.0. The molecule has 0 unspecified atom stereocenters. The average Bonchev–Trinajstić information content (AvgIpc) is 3.12. The van der Waals surface area contributed by atoms with Crippen molar-refractivity contribution < 1.29 is 14.9 Å². The van der Waals surface area contributed by atoms with Gasteiger partial charge in [-0.1, -0.05) is 24.3 Å². The van der Waals surface area contributed by atoms with E-state index in [2.05, 4.69) is 16.4 Å². The lowest BCUT2D eigenvalue weighted by atomic mass is 10.1. The number of rotatable bonds is 8. The van der Waals surface area contributed by atoms with Crippen LogP contribution in [0.25, 0.3) is 17.0 Å². The van der Waals surface area contributed by atoms with Crippen molar-refractivity contribution >= 4 is 28.6 Å². The Balaban J connectivity index is 1.61. The summed E-state index contributed by atoms with van der Waals surface area (Å²) >= 11 is 0. The van der Waals surface area contributed by atoms with Gasteiger partial charge >= 0.3 is 0 Å². The van der Waals surface area contributed by atoms with Gasteiger partial charge in [-0.3, -0.25) is 20.1 Å². The largest absolute Gasteiger partial charge is 0.361 e. The van der Waals surface area contributed by atoms with Crippen LogP contribution in [0, 0.1) is 10.1 Å². The number of carbonyl (C=O) groups excluding carboxylic acids is 1. The smallest absolute Gasteiger partial charge is 0.276 e. The highest BCUT2D eigenvalue weighted by atomic mass is 16.6. The van der Waals surface area contributed by atoms with Crippen LogP contribution < -0.4 is 10.8 Å². The monoisotopic (exact) mass is 380 g/mol. The van der Waals surface area contributed by atoms with E-state index in [1.807, 2.05) is 24.4 Å². The van der Waals surface area contributed by atoms with Crippen molar-refractivity contribution in [3.05, 3.63) is 81.5 Å². The van der Waals surface area contributed by atoms with Crippen molar-refractivity contribution in [1.29, 1.82) is 0 Å². The third-order valence-electron chi connectivity index (χ3n) is 4.39. The lowest BCUT2D eigenvalue weighted by molar-refractivity contribution is -0.385. The van der Waals surface area contributed by atoms with E-state index in [1.165, 1.54) is 28.6 Å². The van der Waals surface area contributed by atoms with E-state index in [-0.39, 0.29) is 11.3 Å². The molecule has 0 bridgehead atoms. The average molecular weight is 380 g/mol. The Labute approximate surface area is 161 Å². The number of nitrogens with zero attached hydrogens (tertiary/aromatic N) is 1. The summed E-state index contributed by atoms with van der Waals surface area (Å²) in [6, 6.07) is 12.9. The molecule has 2 aromatic carbocycles. The first-order valence-electron chi connectivity index (χ1n) is 8.73. The summed E-state index contributed by atoms with van der Waals surface area (Å²) in [5.41, 5.74) is 4.73. The Morgan fingerprint density at radius 1 is 1.25 bits per heavy atom. The van der Waals surface area contributed by atoms with Crippen LogP contribution in [0.5, 0.6) is 0 Å². The van der Waals surface area contributed by atoms with Gasteiger partial charge in [-0.2, -0.15) is 0 Å². The molecule has 0 aliphatic carbocycles. The second kappa shape index (κ2) is 8.94. The van der Waals surface area contributed by atoms with Gasteiger partial charge in [0, 0.05) is 35.8 Å². The number of hydrogen-bond acceptors (Lipinski definition) is 5. The van der Waals surface area contributed by atoms with E-state index in [9.17, 15) is 14.9 Å². The molecule has 0 atom stereocenters. The van der Waals surface area contributed by atoms with Crippen molar-refractivity contribution in [2.75, 3.05) is 6.54 Å². The number of nitro benzene ring substituents is 1. The number of nitro groups is 1. The molecule has 4 N–H and O–H groups in total. The van der Waals surface area contributed by atoms with Crippen molar-refractivity contribution in [2.45, 2.75) is 13.0 Å². The first kappa shape index (κ1) is 19.3. The topological polar surface area (TPSA) is 120 Å². The Morgan fingerprint density at radius 2 is 2.07 bits per heavy atom. The molecule has 3 aromatic rings. The number of hydroxylamine groups is 1. The summed E-state index contributed by atoms with van der Waals surface area (Å²) in [5, 5.41) is 24.3. The van der Waals surface area contributed by atoms with Gasteiger partial charge in [-0.15, -0.1) is 0 Å². The molecule has 8 heteroatoms. The molecule has 1 amide bonds. The first-order valence-corrected chi connectivity index (χ1v) is 8.73. The molecule has 0 saturated heterocycles. The van der Waals surface area contributed by atoms with E-state index in [0.29, 0.717) is 6.54 Å². The fourth-order valence-electron chi connectivity index (χ4n) is 3.00. The minimum Gasteiger partial charge on any atom is -0.361 e. The second-order valence-corrected chi connectivity index (χ2v) is 6.25. The minimum atomic E-state index is -0.752. The maximum absolute atomic E-state index is 11.3. The predicted octanol–water partition coefficient (Wildman–Crippen LogP) is 2.93. The van der Waals surface area contributed by atoms with Gasteiger partial charge in [0.15, 0.2) is 0 Å². The van der Waals surface area contributed by atoms with Crippen LogP contribution in [0.15, 0.2) is 54.7 Å². The van der Waals surface area contributed by atoms with Crippen LogP contribution >= 0.6 is 0 Å². The molecule has 0 radical (unpaired) electrons. The molecule has 0 aliphatic heterocycles. The van der Waals surface area contributed by atoms with Crippen LogP contribution in [-0.4, -0.2) is 27.6 Å². The molecule has 3 rings (SSSR count). The van der Waals surface area contributed by atoms with E-state index >= 15 is 0 Å². The number of aromatic amines is 1. The molecule has 0 aliphatic rings. The van der Waals surface area contributed by atoms with Crippen LogP contribution in [-0.2, 0) is 17.8 Å². The Bertz CT molecular complexity index is 1030. The molecule has 1 heterocycles. The van der Waals surface area contributed by atoms with Gasteiger partial charge in [0.25, 0.3) is 11.6 Å². The number of aromatic nitrogens is 1.